The molecule has 0 heterocycles. The second kappa shape index (κ2) is 15.5. The molecule has 4 rings (SSSR count). The first-order chi connectivity index (χ1) is 18.9. The summed E-state index contributed by atoms with van der Waals surface area (Å²) < 4.78 is 67.9. The fourth-order valence-corrected chi connectivity index (χ4v) is 5.22. The molecule has 4 nitrogen and oxygen atoms in total. The Labute approximate surface area is 248 Å². The van der Waals surface area contributed by atoms with E-state index in [1.54, 1.807) is 54.6 Å². The number of nitrogens with two attached hydrogens (primary N) is 1. The average molecular weight is 676 g/mol. The van der Waals surface area contributed by atoms with Gasteiger partial charge in [-0.1, -0.05) is 107 Å². The zero-order valence-corrected chi connectivity index (χ0v) is 25.4. The van der Waals surface area contributed by atoms with Crippen LogP contribution in [0.1, 0.15) is 45.5 Å². The fraction of sp³-hybridized carbons (Fsp3) is 0.200. The molecule has 0 fully saturated rings. The molecule has 0 aliphatic rings. The Bertz CT molecular complexity index is 1390. The van der Waals surface area contributed by atoms with Gasteiger partial charge >= 0.3 is 33.2 Å². The van der Waals surface area contributed by atoms with Gasteiger partial charge in [0.25, 0.3) is 0 Å². The Morgan fingerprint density at radius 1 is 0.725 bits per heavy atom. The van der Waals surface area contributed by atoms with E-state index in [1.807, 2.05) is 23.4 Å². The van der Waals surface area contributed by atoms with Crippen molar-refractivity contribution in [3.63, 3.8) is 0 Å². The average Bonchev–Trinajstić information content (AvgIpc) is 2.93. The van der Waals surface area contributed by atoms with Crippen molar-refractivity contribution in [2.24, 2.45) is 5.73 Å². The van der Waals surface area contributed by atoms with Gasteiger partial charge in [0.1, 0.15) is 10.0 Å². The number of aryl methyl sites for hydroxylation is 3. The van der Waals surface area contributed by atoms with Crippen LogP contribution in [-0.4, -0.2) is 8.42 Å². The number of benzene rings is 4. The van der Waals surface area contributed by atoms with E-state index in [1.165, 1.54) is 16.7 Å². The summed E-state index contributed by atoms with van der Waals surface area (Å²) in [5, 5.41) is 0. The fourth-order valence-electron chi connectivity index (χ4n) is 4.07. The van der Waals surface area contributed by atoms with Crippen LogP contribution in [0.25, 0.3) is 4.72 Å². The number of rotatable bonds is 6. The Morgan fingerprint density at radius 2 is 1.12 bits per heavy atom. The SMILES string of the molecule is Cc1cc(C)cc(C)c1.N[C@H](c1ccccc1)[C@H]([N-]S(=O)(=O)c1ccc(C(F)(F)F)cc1)c1ccccc1.[Cl][Ru+]. The maximum atomic E-state index is 12.8. The number of hydrogen-bond donors (Lipinski definition) is 1. The molecule has 10 heteroatoms. The summed E-state index contributed by atoms with van der Waals surface area (Å²) in [7, 11) is 0.324. The Hall–Kier alpha value is -2.55. The molecule has 0 aliphatic carbocycles. The molecule has 0 spiro atoms. The van der Waals surface area contributed by atoms with Crippen LogP contribution in [0.5, 0.6) is 0 Å². The van der Waals surface area contributed by atoms with Gasteiger partial charge in [0.15, 0.2) is 0 Å². The second-order valence-corrected chi connectivity index (χ2v) is 10.7. The Morgan fingerprint density at radius 3 is 1.52 bits per heavy atom. The molecule has 4 aromatic rings. The van der Waals surface area contributed by atoms with Gasteiger partial charge in [0, 0.05) is 10.9 Å². The molecule has 2 atom stereocenters. The van der Waals surface area contributed by atoms with E-state index in [2.05, 4.69) is 53.4 Å². The quantitative estimate of drug-likeness (QED) is 0.208. The van der Waals surface area contributed by atoms with Gasteiger partial charge in [-0.25, -0.2) is 8.42 Å². The third kappa shape index (κ3) is 10.1. The van der Waals surface area contributed by atoms with Crippen molar-refractivity contribution in [3.8, 4) is 0 Å². The van der Waals surface area contributed by atoms with Crippen LogP contribution < -0.4 is 5.73 Å². The molecule has 0 saturated heterocycles. The number of halogens is 4. The van der Waals surface area contributed by atoms with E-state index in [0.717, 1.165) is 24.3 Å². The second-order valence-electron chi connectivity index (χ2n) is 9.06. The van der Waals surface area contributed by atoms with Crippen LogP contribution in [0.4, 0.5) is 13.2 Å². The van der Waals surface area contributed by atoms with Gasteiger partial charge in [-0.3, -0.25) is 0 Å². The molecule has 0 unspecified atom stereocenters. The minimum absolute atomic E-state index is 0.327. The molecule has 0 radical (unpaired) electrons. The summed E-state index contributed by atoms with van der Waals surface area (Å²) in [6, 6.07) is 25.7. The van der Waals surface area contributed by atoms with Crippen LogP contribution in [-0.2, 0) is 33.5 Å². The third-order valence-electron chi connectivity index (χ3n) is 5.76. The zero-order valence-electron chi connectivity index (χ0n) is 22.1. The zero-order chi connectivity index (χ0) is 29.9. The van der Waals surface area contributed by atoms with Gasteiger partial charge in [0.2, 0.25) is 0 Å². The maximum absolute atomic E-state index is 12.8. The van der Waals surface area contributed by atoms with Crippen molar-refractivity contribution in [2.75, 3.05) is 0 Å². The number of sulfonamides is 1. The topological polar surface area (TPSA) is 74.3 Å². The van der Waals surface area contributed by atoms with Crippen molar-refractivity contribution >= 4 is 19.7 Å². The van der Waals surface area contributed by atoms with Crippen molar-refractivity contribution in [1.82, 2.24) is 0 Å². The normalized spacial score (nSPS) is 12.7. The van der Waals surface area contributed by atoms with Crippen LogP contribution >= 0.6 is 9.69 Å². The molecular formula is C30H30ClF3N2O2RuS. The first-order valence-corrected chi connectivity index (χ1v) is 15.7. The van der Waals surface area contributed by atoms with E-state index < -0.39 is 33.8 Å². The Balaban J connectivity index is 0.000000428. The van der Waals surface area contributed by atoms with Crippen LogP contribution in [0.2, 0.25) is 0 Å². The van der Waals surface area contributed by atoms with Crippen molar-refractivity contribution in [1.29, 1.82) is 0 Å². The molecule has 40 heavy (non-hydrogen) atoms. The van der Waals surface area contributed by atoms with Gasteiger partial charge in [-0.2, -0.15) is 13.2 Å². The molecule has 4 aromatic carbocycles. The molecule has 0 aliphatic heterocycles. The van der Waals surface area contributed by atoms with Crippen molar-refractivity contribution < 1.29 is 38.9 Å². The number of hydrogen-bond acceptors (Lipinski definition) is 3. The van der Waals surface area contributed by atoms with E-state index in [-0.39, 0.29) is 4.90 Å². The molecule has 0 aromatic heterocycles. The standard InChI is InChI=1S/C21H18F3N2O2S.C9H12.ClH.Ru/c22-21(23,24)17-11-13-18(14-12-17)29(27,28)26-20(16-9-5-2-6-10-16)19(25)15-7-3-1-4-8-15;1-7-4-8(2)6-9(3)5-7;;/h1-14,19-20H,25H2;4-6H,1-3H3;1H;/q-1;;;+2/p-1/t19-,20-;;;/m1.../s1. The molecular weight excluding hydrogens is 646 g/mol. The minimum atomic E-state index is -4.55. The summed E-state index contributed by atoms with van der Waals surface area (Å²) in [5.74, 6) is 0. The number of nitrogens with zero attached hydrogens (tertiary/aromatic N) is 1. The van der Waals surface area contributed by atoms with E-state index in [0.29, 0.717) is 11.1 Å². The van der Waals surface area contributed by atoms with Crippen LogP contribution in [0.15, 0.2) is 108 Å². The molecule has 214 valence electrons. The van der Waals surface area contributed by atoms with Gasteiger partial charge < -0.3 is 10.5 Å². The van der Waals surface area contributed by atoms with Gasteiger partial charge in [-0.15, -0.1) is 0 Å². The van der Waals surface area contributed by atoms with Crippen molar-refractivity contribution in [2.45, 2.75) is 43.9 Å². The van der Waals surface area contributed by atoms with Crippen molar-refractivity contribution in [3.05, 3.63) is 141 Å². The number of alkyl halides is 3. The summed E-state index contributed by atoms with van der Waals surface area (Å²) in [4.78, 5) is -0.327. The third-order valence-corrected chi connectivity index (χ3v) is 7.14. The first-order valence-electron chi connectivity index (χ1n) is 12.0. The van der Waals surface area contributed by atoms with Crippen LogP contribution in [0.3, 0.4) is 0 Å². The first kappa shape index (κ1) is 33.7. The predicted octanol–water partition coefficient (Wildman–Crippen LogP) is 8.51. The molecule has 0 saturated carbocycles. The van der Waals surface area contributed by atoms with Crippen LogP contribution in [0, 0.1) is 20.8 Å². The van der Waals surface area contributed by atoms with E-state index in [9.17, 15) is 21.6 Å². The van der Waals surface area contributed by atoms with Gasteiger partial charge in [0.05, 0.1) is 5.56 Å². The van der Waals surface area contributed by atoms with E-state index in [4.69, 9.17) is 5.73 Å². The molecule has 0 amide bonds. The Kier molecular flexibility index (Phi) is 13.0. The summed E-state index contributed by atoms with van der Waals surface area (Å²) >= 11 is 1.82. The molecule has 2 N–H and O–H groups in total. The summed E-state index contributed by atoms with van der Waals surface area (Å²) in [5.41, 5.74) is 10.7. The predicted molar refractivity (Wildman–Crippen MR) is 151 cm³/mol. The van der Waals surface area contributed by atoms with E-state index >= 15 is 0 Å². The molecule has 0 bridgehead atoms. The summed E-state index contributed by atoms with van der Waals surface area (Å²) in [6.45, 7) is 6.38. The summed E-state index contributed by atoms with van der Waals surface area (Å²) in [6.07, 6.45) is -4.55. The monoisotopic (exact) mass is 676 g/mol. The van der Waals surface area contributed by atoms with Gasteiger partial charge in [-0.05, 0) is 50.6 Å².